The molecule has 1 N–H and O–H groups in total. The first-order chi connectivity index (χ1) is 9.59. The summed E-state index contributed by atoms with van der Waals surface area (Å²) in [5, 5.41) is 8.97. The van der Waals surface area contributed by atoms with Crippen LogP contribution in [0.2, 0.25) is 0 Å². The number of hydrogen-bond donors (Lipinski definition) is 1. The molecule has 0 aliphatic carbocycles. The first-order valence-corrected chi connectivity index (χ1v) is 7.58. The molecule has 0 bridgehead atoms. The van der Waals surface area contributed by atoms with Crippen molar-refractivity contribution in [3.8, 4) is 0 Å². The van der Waals surface area contributed by atoms with E-state index in [-0.39, 0.29) is 29.0 Å². The van der Waals surface area contributed by atoms with E-state index in [9.17, 15) is 14.4 Å². The van der Waals surface area contributed by atoms with Crippen molar-refractivity contribution in [1.82, 2.24) is 4.90 Å². The number of carbonyl (C=O) groups is 3. The quantitative estimate of drug-likeness (QED) is 0.842. The van der Waals surface area contributed by atoms with E-state index in [4.69, 9.17) is 5.11 Å². The summed E-state index contributed by atoms with van der Waals surface area (Å²) in [6.45, 7) is 0. The second kappa shape index (κ2) is 4.94. The van der Waals surface area contributed by atoms with Gasteiger partial charge in [0, 0.05) is 11.8 Å². The number of carbonyl (C=O) groups excluding carboxylic acids is 2. The molecule has 2 heterocycles. The van der Waals surface area contributed by atoms with E-state index in [0.29, 0.717) is 5.56 Å². The molecule has 1 fully saturated rings. The Labute approximate surface area is 120 Å². The fourth-order valence-corrected chi connectivity index (χ4v) is 3.78. The molecule has 2 amide bonds. The molecule has 0 aromatic heterocycles. The number of hydrogen-bond acceptors (Lipinski definition) is 4. The number of amides is 2. The Morgan fingerprint density at radius 2 is 2.00 bits per heavy atom. The molecule has 1 unspecified atom stereocenters. The predicted molar refractivity (Wildman–Crippen MR) is 74.2 cm³/mol. The molecule has 1 aromatic rings. The third kappa shape index (κ3) is 2.00. The Kier molecular flexibility index (Phi) is 3.25. The predicted octanol–water partition coefficient (Wildman–Crippen LogP) is 1.88. The summed E-state index contributed by atoms with van der Waals surface area (Å²) in [6, 6.07) is 4.03. The van der Waals surface area contributed by atoms with Crippen LogP contribution in [0.3, 0.4) is 0 Å². The van der Waals surface area contributed by atoms with Crippen molar-refractivity contribution < 1.29 is 19.5 Å². The Hall–Kier alpha value is -1.82. The van der Waals surface area contributed by atoms with Crippen LogP contribution in [0.25, 0.3) is 0 Å². The highest BCUT2D eigenvalue weighted by Gasteiger charge is 2.40. The lowest BCUT2D eigenvalue weighted by molar-refractivity contribution is 0.0590. The molecule has 20 heavy (non-hydrogen) atoms. The van der Waals surface area contributed by atoms with Crippen molar-refractivity contribution in [2.45, 2.75) is 18.9 Å². The van der Waals surface area contributed by atoms with Gasteiger partial charge in [0.2, 0.25) is 0 Å². The van der Waals surface area contributed by atoms with Crippen molar-refractivity contribution in [3.05, 3.63) is 34.9 Å². The summed E-state index contributed by atoms with van der Waals surface area (Å²) in [5.74, 6) is 0.0647. The van der Waals surface area contributed by atoms with Gasteiger partial charge in [0.05, 0.1) is 16.7 Å². The summed E-state index contributed by atoms with van der Waals surface area (Å²) in [7, 11) is 0. The normalized spacial score (nSPS) is 22.0. The number of carboxylic acids is 1. The standard InChI is InChI=1S/C14H13NO4S/c16-12-10-4-3-8(14(18)19)6-11(10)13(17)15(12)9-2-1-5-20-7-9/h3-4,6,9H,1-2,5,7H2,(H,18,19). The van der Waals surface area contributed by atoms with E-state index in [1.807, 2.05) is 0 Å². The number of thioether (sulfide) groups is 1. The fraction of sp³-hybridized carbons (Fsp3) is 0.357. The van der Waals surface area contributed by atoms with Crippen molar-refractivity contribution in [3.63, 3.8) is 0 Å². The molecule has 0 saturated carbocycles. The third-order valence-electron chi connectivity index (χ3n) is 3.67. The van der Waals surface area contributed by atoms with Crippen molar-refractivity contribution in [1.29, 1.82) is 0 Å². The van der Waals surface area contributed by atoms with Gasteiger partial charge in [-0.2, -0.15) is 11.8 Å². The lowest BCUT2D eigenvalue weighted by Crippen LogP contribution is -2.42. The summed E-state index contributed by atoms with van der Waals surface area (Å²) in [5.41, 5.74) is 0.561. The minimum absolute atomic E-state index is 0.0322. The third-order valence-corrected chi connectivity index (χ3v) is 4.86. The average Bonchev–Trinajstić information content (AvgIpc) is 2.71. The zero-order valence-electron chi connectivity index (χ0n) is 10.7. The van der Waals surface area contributed by atoms with Crippen LogP contribution in [-0.2, 0) is 0 Å². The maximum absolute atomic E-state index is 12.4. The van der Waals surface area contributed by atoms with Gasteiger partial charge < -0.3 is 5.11 Å². The second-order valence-electron chi connectivity index (χ2n) is 4.92. The summed E-state index contributed by atoms with van der Waals surface area (Å²) < 4.78 is 0. The van der Waals surface area contributed by atoms with Crippen molar-refractivity contribution in [2.75, 3.05) is 11.5 Å². The largest absolute Gasteiger partial charge is 0.478 e. The Morgan fingerprint density at radius 3 is 2.65 bits per heavy atom. The van der Waals surface area contributed by atoms with E-state index in [1.165, 1.54) is 23.1 Å². The number of carboxylic acid groups (broad SMARTS) is 1. The van der Waals surface area contributed by atoms with E-state index in [1.54, 1.807) is 11.8 Å². The molecule has 6 heteroatoms. The highest BCUT2D eigenvalue weighted by atomic mass is 32.2. The van der Waals surface area contributed by atoms with Crippen LogP contribution in [0.15, 0.2) is 18.2 Å². The maximum Gasteiger partial charge on any atom is 0.335 e. The lowest BCUT2D eigenvalue weighted by Gasteiger charge is -2.28. The van der Waals surface area contributed by atoms with E-state index < -0.39 is 5.97 Å². The van der Waals surface area contributed by atoms with Crippen molar-refractivity contribution >= 4 is 29.5 Å². The zero-order valence-corrected chi connectivity index (χ0v) is 11.5. The molecule has 104 valence electrons. The van der Waals surface area contributed by atoms with E-state index in [0.717, 1.165) is 24.3 Å². The highest BCUT2D eigenvalue weighted by molar-refractivity contribution is 7.99. The molecule has 2 aliphatic rings. The molecule has 1 saturated heterocycles. The van der Waals surface area contributed by atoms with Crippen LogP contribution in [-0.4, -0.2) is 45.3 Å². The minimum Gasteiger partial charge on any atom is -0.478 e. The zero-order chi connectivity index (χ0) is 14.3. The van der Waals surface area contributed by atoms with Gasteiger partial charge in [-0.3, -0.25) is 14.5 Å². The number of nitrogens with zero attached hydrogens (tertiary/aromatic N) is 1. The first kappa shape index (κ1) is 13.2. The number of fused-ring (bicyclic) bond motifs is 1. The molecule has 2 aliphatic heterocycles. The molecule has 0 spiro atoms. The highest BCUT2D eigenvalue weighted by Crippen LogP contribution is 2.30. The number of imide groups is 1. The molecular formula is C14H13NO4S. The number of rotatable bonds is 2. The number of aromatic carboxylic acids is 1. The van der Waals surface area contributed by atoms with Gasteiger partial charge in [-0.25, -0.2) is 4.79 Å². The Morgan fingerprint density at radius 1 is 1.25 bits per heavy atom. The van der Waals surface area contributed by atoms with Crippen LogP contribution in [0.5, 0.6) is 0 Å². The minimum atomic E-state index is -1.10. The maximum atomic E-state index is 12.4. The summed E-state index contributed by atoms with van der Waals surface area (Å²) in [4.78, 5) is 37.0. The summed E-state index contributed by atoms with van der Waals surface area (Å²) in [6.07, 6.45) is 1.81. The number of benzene rings is 1. The van der Waals surface area contributed by atoms with Crippen LogP contribution in [0.4, 0.5) is 0 Å². The molecule has 3 rings (SSSR count). The van der Waals surface area contributed by atoms with Crippen LogP contribution in [0.1, 0.15) is 43.9 Å². The smallest absolute Gasteiger partial charge is 0.335 e. The Balaban J connectivity index is 1.96. The Bertz CT molecular complexity index is 607. The van der Waals surface area contributed by atoms with Gasteiger partial charge in [0.25, 0.3) is 11.8 Å². The SMILES string of the molecule is O=C(O)c1ccc2c(c1)C(=O)N(C1CCCSC1)C2=O. The van der Waals surface area contributed by atoms with Gasteiger partial charge in [-0.15, -0.1) is 0 Å². The van der Waals surface area contributed by atoms with Gasteiger partial charge >= 0.3 is 5.97 Å². The van der Waals surface area contributed by atoms with Crippen molar-refractivity contribution in [2.24, 2.45) is 0 Å². The summed E-state index contributed by atoms with van der Waals surface area (Å²) >= 11 is 1.74. The van der Waals surface area contributed by atoms with Gasteiger partial charge in [0.15, 0.2) is 0 Å². The fourth-order valence-electron chi connectivity index (χ4n) is 2.65. The van der Waals surface area contributed by atoms with Crippen LogP contribution in [0, 0.1) is 0 Å². The molecule has 1 aromatic carbocycles. The van der Waals surface area contributed by atoms with Crippen LogP contribution >= 0.6 is 11.8 Å². The average molecular weight is 291 g/mol. The van der Waals surface area contributed by atoms with E-state index in [2.05, 4.69) is 0 Å². The van der Waals surface area contributed by atoms with Crippen LogP contribution < -0.4 is 0 Å². The lowest BCUT2D eigenvalue weighted by atomic mass is 10.1. The molecular weight excluding hydrogens is 278 g/mol. The van der Waals surface area contributed by atoms with Gasteiger partial charge in [0.1, 0.15) is 0 Å². The molecule has 0 radical (unpaired) electrons. The topological polar surface area (TPSA) is 74.7 Å². The molecule has 5 nitrogen and oxygen atoms in total. The molecule has 1 atom stereocenters. The first-order valence-electron chi connectivity index (χ1n) is 6.42. The van der Waals surface area contributed by atoms with E-state index >= 15 is 0 Å². The van der Waals surface area contributed by atoms with Gasteiger partial charge in [-0.05, 0) is 36.8 Å². The monoisotopic (exact) mass is 291 g/mol. The van der Waals surface area contributed by atoms with Gasteiger partial charge in [-0.1, -0.05) is 0 Å². The second-order valence-corrected chi connectivity index (χ2v) is 6.07.